The van der Waals surface area contributed by atoms with Crippen LogP contribution in [-0.2, 0) is 0 Å². The lowest BCUT2D eigenvalue weighted by Gasteiger charge is -2.22. The third-order valence-corrected chi connectivity index (χ3v) is 3.82. The van der Waals surface area contributed by atoms with Gasteiger partial charge in [0.15, 0.2) is 5.11 Å². The summed E-state index contributed by atoms with van der Waals surface area (Å²) in [6, 6.07) is 5.85. The molecule has 0 atom stereocenters. The molecule has 1 aromatic rings. The lowest BCUT2D eigenvalue weighted by atomic mass is 10.2. The number of nitrogens with one attached hydrogen (secondary N) is 1. The van der Waals surface area contributed by atoms with Crippen molar-refractivity contribution in [3.63, 3.8) is 0 Å². The first kappa shape index (κ1) is 14.9. The number of nitrogens with zero attached hydrogens (tertiary/aromatic N) is 3. The molecule has 0 spiro atoms. The third-order valence-electron chi connectivity index (χ3n) is 3.48. The molecule has 5 heteroatoms. The van der Waals surface area contributed by atoms with Gasteiger partial charge < -0.3 is 4.90 Å². The maximum Gasteiger partial charge on any atom is 0.189 e. The van der Waals surface area contributed by atoms with Gasteiger partial charge >= 0.3 is 0 Å². The normalized spacial score (nSPS) is 16.6. The van der Waals surface area contributed by atoms with E-state index in [-0.39, 0.29) is 0 Å². The molecule has 1 aliphatic heterocycles. The van der Waals surface area contributed by atoms with E-state index < -0.39 is 0 Å². The van der Waals surface area contributed by atoms with Gasteiger partial charge in [0, 0.05) is 19.3 Å². The van der Waals surface area contributed by atoms with Crippen LogP contribution in [0.2, 0.25) is 0 Å². The topological polar surface area (TPSA) is 40.5 Å². The summed E-state index contributed by atoms with van der Waals surface area (Å²) in [6.07, 6.45) is 7.64. The number of thiocarbonyl (C=S) groups is 1. The highest BCUT2D eigenvalue weighted by molar-refractivity contribution is 7.80. The molecule has 108 valence electrons. The van der Waals surface area contributed by atoms with E-state index in [0.717, 1.165) is 36.0 Å². The molecule has 20 heavy (non-hydrogen) atoms. The minimum absolute atomic E-state index is 0.730. The van der Waals surface area contributed by atoms with Crippen LogP contribution in [0.15, 0.2) is 29.5 Å². The number of hydrogen-bond acceptors (Lipinski definition) is 3. The fraction of sp³-hybridized carbons (Fsp3) is 0.533. The predicted octanol–water partition coefficient (Wildman–Crippen LogP) is 2.95. The quantitative estimate of drug-likeness (QED) is 0.528. The van der Waals surface area contributed by atoms with Crippen molar-refractivity contribution in [1.82, 2.24) is 15.3 Å². The van der Waals surface area contributed by atoms with Gasteiger partial charge in [0.1, 0.15) is 0 Å². The van der Waals surface area contributed by atoms with E-state index >= 15 is 0 Å². The van der Waals surface area contributed by atoms with Gasteiger partial charge in [0.25, 0.3) is 0 Å². The van der Waals surface area contributed by atoms with Gasteiger partial charge in [-0.25, -0.2) is 0 Å². The van der Waals surface area contributed by atoms with Gasteiger partial charge in [-0.05, 0) is 43.6 Å². The summed E-state index contributed by atoms with van der Waals surface area (Å²) >= 11 is 5.44. The largest absolute Gasteiger partial charge is 0.348 e. The highest BCUT2D eigenvalue weighted by atomic mass is 32.1. The monoisotopic (exact) mass is 290 g/mol. The van der Waals surface area contributed by atoms with Crippen LogP contribution in [-0.4, -0.2) is 33.8 Å². The standard InChI is InChI=1S/C15H22N4S/c1-2-13(14-9-5-6-10-16-14)17-18-15(20)19-11-7-3-4-8-12-19/h5-6,9-10H,2-4,7-8,11-12H2,1H3,(H,18,20). The summed E-state index contributed by atoms with van der Waals surface area (Å²) in [4.78, 5) is 6.55. The third kappa shape index (κ3) is 4.27. The number of pyridine rings is 1. The van der Waals surface area contributed by atoms with Crippen molar-refractivity contribution >= 4 is 23.0 Å². The molecular formula is C15H22N4S. The molecule has 1 fully saturated rings. The molecule has 0 amide bonds. The van der Waals surface area contributed by atoms with Gasteiger partial charge in [-0.3, -0.25) is 10.4 Å². The summed E-state index contributed by atoms with van der Waals surface area (Å²) in [5.41, 5.74) is 4.87. The van der Waals surface area contributed by atoms with Crippen LogP contribution in [0.4, 0.5) is 0 Å². The first-order valence-corrected chi connectivity index (χ1v) is 7.75. The van der Waals surface area contributed by atoms with Gasteiger partial charge in [0.05, 0.1) is 11.4 Å². The minimum Gasteiger partial charge on any atom is -0.348 e. The van der Waals surface area contributed by atoms with Crippen LogP contribution >= 0.6 is 12.2 Å². The minimum atomic E-state index is 0.730. The van der Waals surface area contributed by atoms with Crippen molar-refractivity contribution < 1.29 is 0 Å². The zero-order valence-electron chi connectivity index (χ0n) is 12.0. The molecule has 2 heterocycles. The molecular weight excluding hydrogens is 268 g/mol. The summed E-state index contributed by atoms with van der Waals surface area (Å²) < 4.78 is 0. The Labute approximate surface area is 126 Å². The van der Waals surface area contributed by atoms with Crippen LogP contribution in [0.5, 0.6) is 0 Å². The van der Waals surface area contributed by atoms with Crippen LogP contribution in [0.25, 0.3) is 0 Å². The zero-order chi connectivity index (χ0) is 14.2. The van der Waals surface area contributed by atoms with Crippen LogP contribution in [0, 0.1) is 0 Å². The Kier molecular flexibility index (Phi) is 5.92. The second-order valence-corrected chi connectivity index (χ2v) is 5.33. The molecule has 0 aliphatic carbocycles. The van der Waals surface area contributed by atoms with E-state index in [9.17, 15) is 0 Å². The van der Waals surface area contributed by atoms with E-state index in [1.165, 1.54) is 25.7 Å². The summed E-state index contributed by atoms with van der Waals surface area (Å²) in [5.74, 6) is 0. The molecule has 1 N–H and O–H groups in total. The Hall–Kier alpha value is -1.49. The molecule has 0 bridgehead atoms. The van der Waals surface area contributed by atoms with Crippen molar-refractivity contribution in [1.29, 1.82) is 0 Å². The lowest BCUT2D eigenvalue weighted by molar-refractivity contribution is 0.428. The second-order valence-electron chi connectivity index (χ2n) is 4.95. The summed E-state index contributed by atoms with van der Waals surface area (Å²) in [5, 5.41) is 5.17. The Bertz CT molecular complexity index is 450. The Morgan fingerprint density at radius 2 is 2.05 bits per heavy atom. The number of rotatable bonds is 3. The molecule has 2 rings (SSSR count). The van der Waals surface area contributed by atoms with E-state index in [4.69, 9.17) is 12.2 Å². The Morgan fingerprint density at radius 1 is 1.30 bits per heavy atom. The van der Waals surface area contributed by atoms with Crippen molar-refractivity contribution in [3.05, 3.63) is 30.1 Å². The maximum absolute atomic E-state index is 5.44. The van der Waals surface area contributed by atoms with Crippen molar-refractivity contribution in [2.75, 3.05) is 13.1 Å². The number of aromatic nitrogens is 1. The van der Waals surface area contributed by atoms with Gasteiger partial charge in [-0.15, -0.1) is 0 Å². The van der Waals surface area contributed by atoms with Gasteiger partial charge in [0.2, 0.25) is 0 Å². The molecule has 0 radical (unpaired) electrons. The van der Waals surface area contributed by atoms with E-state index in [2.05, 4.69) is 27.3 Å². The fourth-order valence-corrected chi connectivity index (χ4v) is 2.54. The molecule has 1 aliphatic rings. The SMILES string of the molecule is CCC(=NNC(=S)N1CCCCCC1)c1ccccn1. The van der Waals surface area contributed by atoms with Crippen molar-refractivity contribution in [2.24, 2.45) is 5.10 Å². The molecule has 0 saturated carbocycles. The predicted molar refractivity (Wildman–Crippen MR) is 86.8 cm³/mol. The molecule has 4 nitrogen and oxygen atoms in total. The molecule has 0 unspecified atom stereocenters. The van der Waals surface area contributed by atoms with E-state index in [1.54, 1.807) is 6.20 Å². The highest BCUT2D eigenvalue weighted by Gasteiger charge is 2.12. The number of likely N-dealkylation sites (tertiary alicyclic amines) is 1. The fourth-order valence-electron chi connectivity index (χ4n) is 2.31. The van der Waals surface area contributed by atoms with Crippen LogP contribution in [0.1, 0.15) is 44.7 Å². The van der Waals surface area contributed by atoms with Crippen LogP contribution in [0.3, 0.4) is 0 Å². The second kappa shape index (κ2) is 7.94. The highest BCUT2D eigenvalue weighted by Crippen LogP contribution is 2.09. The lowest BCUT2D eigenvalue weighted by Crippen LogP contribution is -2.38. The van der Waals surface area contributed by atoms with Crippen molar-refractivity contribution in [2.45, 2.75) is 39.0 Å². The zero-order valence-corrected chi connectivity index (χ0v) is 12.8. The Balaban J connectivity index is 1.97. The number of hydrogen-bond donors (Lipinski definition) is 1. The van der Waals surface area contributed by atoms with Crippen LogP contribution < -0.4 is 5.43 Å². The molecule has 0 aromatic carbocycles. The first-order chi connectivity index (χ1) is 9.81. The number of hydrazone groups is 1. The van der Waals surface area contributed by atoms with Crippen molar-refractivity contribution in [3.8, 4) is 0 Å². The Morgan fingerprint density at radius 3 is 2.65 bits per heavy atom. The smallest absolute Gasteiger partial charge is 0.189 e. The summed E-state index contributed by atoms with van der Waals surface area (Å²) in [6.45, 7) is 4.14. The maximum atomic E-state index is 5.44. The van der Waals surface area contributed by atoms with E-state index in [0.29, 0.717) is 0 Å². The summed E-state index contributed by atoms with van der Waals surface area (Å²) in [7, 11) is 0. The first-order valence-electron chi connectivity index (χ1n) is 7.34. The molecule has 1 saturated heterocycles. The average Bonchev–Trinajstić information content (AvgIpc) is 2.78. The average molecular weight is 290 g/mol. The molecule has 1 aromatic heterocycles. The van der Waals surface area contributed by atoms with Gasteiger partial charge in [-0.1, -0.05) is 25.8 Å². The van der Waals surface area contributed by atoms with E-state index in [1.807, 2.05) is 18.2 Å². The van der Waals surface area contributed by atoms with Gasteiger partial charge in [-0.2, -0.15) is 5.10 Å².